The summed E-state index contributed by atoms with van der Waals surface area (Å²) in [6.45, 7) is 1.97. The zero-order valence-electron chi connectivity index (χ0n) is 10.6. The van der Waals surface area contributed by atoms with Gasteiger partial charge in [-0.3, -0.25) is 0 Å². The highest BCUT2D eigenvalue weighted by molar-refractivity contribution is 5.30. The molecule has 0 aliphatic carbocycles. The second-order valence-electron chi connectivity index (χ2n) is 4.12. The Morgan fingerprint density at radius 1 is 1.29 bits per heavy atom. The molecule has 4 heteroatoms. The van der Waals surface area contributed by atoms with Crippen molar-refractivity contribution in [3.05, 3.63) is 29.6 Å². The van der Waals surface area contributed by atoms with Gasteiger partial charge in [0.2, 0.25) is 0 Å². The summed E-state index contributed by atoms with van der Waals surface area (Å²) in [6, 6.07) is 4.45. The maximum Gasteiger partial charge on any atom is 0.131 e. The number of ether oxygens (including phenoxy) is 2. The summed E-state index contributed by atoms with van der Waals surface area (Å²) in [7, 11) is 3.17. The van der Waals surface area contributed by atoms with Crippen molar-refractivity contribution in [2.75, 3.05) is 14.2 Å². The van der Waals surface area contributed by atoms with Gasteiger partial charge >= 0.3 is 0 Å². The van der Waals surface area contributed by atoms with Crippen molar-refractivity contribution >= 4 is 0 Å². The molecular weight excluding hydrogens is 221 g/mol. The largest absolute Gasteiger partial charge is 0.497 e. The number of halogens is 1. The lowest BCUT2D eigenvalue weighted by molar-refractivity contribution is 0.107. The Balaban J connectivity index is 2.65. The summed E-state index contributed by atoms with van der Waals surface area (Å²) < 4.78 is 23.8. The Morgan fingerprint density at radius 3 is 2.53 bits per heavy atom. The van der Waals surface area contributed by atoms with Crippen molar-refractivity contribution in [2.24, 2.45) is 5.73 Å². The van der Waals surface area contributed by atoms with Gasteiger partial charge in [0.05, 0.1) is 13.2 Å². The fourth-order valence-electron chi connectivity index (χ4n) is 1.62. The molecule has 0 saturated carbocycles. The average Bonchev–Trinajstić information content (AvgIpc) is 2.35. The molecule has 1 rings (SSSR count). The summed E-state index contributed by atoms with van der Waals surface area (Å²) >= 11 is 0. The van der Waals surface area contributed by atoms with E-state index in [-0.39, 0.29) is 18.0 Å². The normalized spacial score (nSPS) is 14.4. The monoisotopic (exact) mass is 241 g/mol. The van der Waals surface area contributed by atoms with Crippen molar-refractivity contribution in [1.82, 2.24) is 0 Å². The quantitative estimate of drug-likeness (QED) is 0.832. The molecule has 2 unspecified atom stereocenters. The lowest BCUT2D eigenvalue weighted by Crippen LogP contribution is -2.15. The highest BCUT2D eigenvalue weighted by Gasteiger charge is 2.13. The van der Waals surface area contributed by atoms with Crippen LogP contribution in [0.1, 0.15) is 31.4 Å². The standard InChI is InChI=1S/C13H20FNO2/c1-9(16-2)4-7-13(15)11-6-5-10(17-3)8-12(11)14/h5-6,8-9,13H,4,7,15H2,1-3H3. The number of hydrogen-bond acceptors (Lipinski definition) is 3. The molecule has 0 aliphatic heterocycles. The molecule has 0 aromatic heterocycles. The zero-order valence-corrected chi connectivity index (χ0v) is 10.6. The molecule has 0 fully saturated rings. The van der Waals surface area contributed by atoms with E-state index in [2.05, 4.69) is 0 Å². The van der Waals surface area contributed by atoms with Crippen LogP contribution in [-0.2, 0) is 4.74 Å². The molecule has 96 valence electrons. The zero-order chi connectivity index (χ0) is 12.8. The van der Waals surface area contributed by atoms with Gasteiger partial charge in [-0.1, -0.05) is 6.07 Å². The third kappa shape index (κ3) is 3.98. The van der Waals surface area contributed by atoms with Crippen LogP contribution in [0, 0.1) is 5.82 Å². The van der Waals surface area contributed by atoms with E-state index in [0.717, 1.165) is 6.42 Å². The second kappa shape index (κ2) is 6.57. The Morgan fingerprint density at radius 2 is 2.00 bits per heavy atom. The van der Waals surface area contributed by atoms with Crippen molar-refractivity contribution in [3.8, 4) is 5.75 Å². The maximum absolute atomic E-state index is 13.7. The van der Waals surface area contributed by atoms with Crippen LogP contribution < -0.4 is 10.5 Å². The third-order valence-corrected chi connectivity index (χ3v) is 2.89. The van der Waals surface area contributed by atoms with Crippen LogP contribution >= 0.6 is 0 Å². The third-order valence-electron chi connectivity index (χ3n) is 2.89. The van der Waals surface area contributed by atoms with E-state index in [1.807, 2.05) is 6.92 Å². The number of rotatable bonds is 6. The molecule has 1 aromatic carbocycles. The Bertz CT molecular complexity index is 357. The summed E-state index contributed by atoms with van der Waals surface area (Å²) in [5.74, 6) is 0.186. The Hall–Kier alpha value is -1.13. The van der Waals surface area contributed by atoms with Gasteiger partial charge in [0.25, 0.3) is 0 Å². The SMILES string of the molecule is COc1ccc(C(N)CCC(C)OC)c(F)c1. The number of benzene rings is 1. The van der Waals surface area contributed by atoms with Crippen LogP contribution in [0.4, 0.5) is 4.39 Å². The van der Waals surface area contributed by atoms with E-state index in [1.54, 1.807) is 19.2 Å². The van der Waals surface area contributed by atoms with Gasteiger partial charge in [-0.2, -0.15) is 0 Å². The molecule has 2 N–H and O–H groups in total. The number of methoxy groups -OCH3 is 2. The molecule has 1 aromatic rings. The lowest BCUT2D eigenvalue weighted by atomic mass is 10.0. The topological polar surface area (TPSA) is 44.5 Å². The smallest absolute Gasteiger partial charge is 0.131 e. The van der Waals surface area contributed by atoms with E-state index >= 15 is 0 Å². The number of hydrogen-bond donors (Lipinski definition) is 1. The first-order chi connectivity index (χ1) is 8.08. The Labute approximate surface area is 102 Å². The van der Waals surface area contributed by atoms with Crippen molar-refractivity contribution in [2.45, 2.75) is 31.9 Å². The minimum atomic E-state index is -0.318. The molecule has 0 heterocycles. The van der Waals surface area contributed by atoms with Crippen molar-refractivity contribution in [1.29, 1.82) is 0 Å². The average molecular weight is 241 g/mol. The molecule has 0 saturated heterocycles. The highest BCUT2D eigenvalue weighted by Crippen LogP contribution is 2.23. The van der Waals surface area contributed by atoms with Crippen LogP contribution in [0.3, 0.4) is 0 Å². The van der Waals surface area contributed by atoms with Gasteiger partial charge in [0.1, 0.15) is 11.6 Å². The van der Waals surface area contributed by atoms with Gasteiger partial charge in [0.15, 0.2) is 0 Å². The molecule has 0 aliphatic rings. The van der Waals surface area contributed by atoms with E-state index < -0.39 is 0 Å². The van der Waals surface area contributed by atoms with Crippen LogP contribution in [-0.4, -0.2) is 20.3 Å². The molecule has 0 amide bonds. The first-order valence-electron chi connectivity index (χ1n) is 5.70. The molecule has 0 bridgehead atoms. The van der Waals surface area contributed by atoms with Gasteiger partial charge in [-0.25, -0.2) is 4.39 Å². The summed E-state index contributed by atoms with van der Waals surface area (Å²) in [4.78, 5) is 0. The fourth-order valence-corrected chi connectivity index (χ4v) is 1.62. The molecule has 17 heavy (non-hydrogen) atoms. The fraction of sp³-hybridized carbons (Fsp3) is 0.538. The predicted molar refractivity (Wildman–Crippen MR) is 65.6 cm³/mol. The summed E-state index contributed by atoms with van der Waals surface area (Å²) in [5, 5.41) is 0. The van der Waals surface area contributed by atoms with E-state index in [4.69, 9.17) is 15.2 Å². The van der Waals surface area contributed by atoms with Gasteiger partial charge in [-0.15, -0.1) is 0 Å². The minimum Gasteiger partial charge on any atom is -0.497 e. The first-order valence-corrected chi connectivity index (χ1v) is 5.70. The van der Waals surface area contributed by atoms with Crippen LogP contribution in [0.2, 0.25) is 0 Å². The molecule has 3 nitrogen and oxygen atoms in total. The van der Waals surface area contributed by atoms with Crippen LogP contribution in [0.5, 0.6) is 5.75 Å². The van der Waals surface area contributed by atoms with Crippen LogP contribution in [0.25, 0.3) is 0 Å². The summed E-state index contributed by atoms with van der Waals surface area (Å²) in [6.07, 6.45) is 1.64. The summed E-state index contributed by atoms with van der Waals surface area (Å²) in [5.41, 5.74) is 6.48. The molecular formula is C13H20FNO2. The van der Waals surface area contributed by atoms with E-state index in [9.17, 15) is 4.39 Å². The van der Waals surface area contributed by atoms with E-state index in [1.165, 1.54) is 13.2 Å². The highest BCUT2D eigenvalue weighted by atomic mass is 19.1. The second-order valence-corrected chi connectivity index (χ2v) is 4.12. The van der Waals surface area contributed by atoms with Gasteiger partial charge < -0.3 is 15.2 Å². The molecule has 0 spiro atoms. The Kier molecular flexibility index (Phi) is 5.38. The first kappa shape index (κ1) is 13.9. The van der Waals surface area contributed by atoms with Gasteiger partial charge in [0, 0.05) is 24.8 Å². The minimum absolute atomic E-state index is 0.141. The van der Waals surface area contributed by atoms with Gasteiger partial charge in [-0.05, 0) is 25.8 Å². The van der Waals surface area contributed by atoms with Crippen molar-refractivity contribution < 1.29 is 13.9 Å². The van der Waals surface area contributed by atoms with E-state index in [0.29, 0.717) is 17.7 Å². The molecule has 0 radical (unpaired) electrons. The lowest BCUT2D eigenvalue weighted by Gasteiger charge is -2.16. The predicted octanol–water partition coefficient (Wildman–Crippen LogP) is 2.65. The van der Waals surface area contributed by atoms with Crippen molar-refractivity contribution in [3.63, 3.8) is 0 Å². The maximum atomic E-state index is 13.7. The van der Waals surface area contributed by atoms with Crippen LogP contribution in [0.15, 0.2) is 18.2 Å². The number of nitrogens with two attached hydrogens (primary N) is 1. The molecule has 2 atom stereocenters.